The topological polar surface area (TPSA) is 29.5 Å². The van der Waals surface area contributed by atoms with E-state index in [1.54, 1.807) is 0 Å². The fourth-order valence-electron chi connectivity index (χ4n) is 2.55. The van der Waals surface area contributed by atoms with Crippen molar-refractivity contribution in [3.8, 4) is 0 Å². The second-order valence-electron chi connectivity index (χ2n) is 4.85. The quantitative estimate of drug-likeness (QED) is 0.598. The van der Waals surface area contributed by atoms with Crippen molar-refractivity contribution in [2.75, 3.05) is 0 Å². The molecule has 0 aromatic heterocycles. The summed E-state index contributed by atoms with van der Waals surface area (Å²) >= 11 is 0. The van der Waals surface area contributed by atoms with E-state index in [9.17, 15) is 5.11 Å². The summed E-state index contributed by atoms with van der Waals surface area (Å²) in [6.45, 7) is 6.37. The molecule has 0 unspecified atom stereocenters. The summed E-state index contributed by atoms with van der Waals surface area (Å²) in [6.07, 6.45) is 2.22. The van der Waals surface area contributed by atoms with Gasteiger partial charge in [-0.3, -0.25) is 0 Å². The van der Waals surface area contributed by atoms with Crippen molar-refractivity contribution in [1.82, 2.24) is 0 Å². The Labute approximate surface area is 73.9 Å². The van der Waals surface area contributed by atoms with Gasteiger partial charge in [0.1, 0.15) is 0 Å². The molecule has 1 aliphatic heterocycles. The molecule has 0 amide bonds. The Morgan fingerprint density at radius 2 is 2.00 bits per heavy atom. The Kier molecular flexibility index (Phi) is 1.74. The van der Waals surface area contributed by atoms with Gasteiger partial charge in [-0.1, -0.05) is 6.92 Å². The first-order valence-electron chi connectivity index (χ1n) is 4.86. The van der Waals surface area contributed by atoms with Crippen LogP contribution in [-0.2, 0) is 4.74 Å². The van der Waals surface area contributed by atoms with E-state index < -0.39 is 0 Å². The Bertz CT molecular complexity index is 188. The summed E-state index contributed by atoms with van der Waals surface area (Å²) in [5.41, 5.74) is -0.00356. The van der Waals surface area contributed by atoms with Gasteiger partial charge < -0.3 is 9.84 Å². The monoisotopic (exact) mass is 170 g/mol. The molecule has 2 nitrogen and oxygen atoms in total. The largest absolute Gasteiger partial charge is 0.393 e. The number of aliphatic hydroxyl groups is 1. The molecule has 0 radical (unpaired) electrons. The highest BCUT2D eigenvalue weighted by molar-refractivity contribution is 4.98. The van der Waals surface area contributed by atoms with E-state index in [2.05, 4.69) is 20.8 Å². The standard InChI is InChI=1S/C10H18O2/c1-6-8(11)4-7-5-9(6)12-10(7,2)3/h6-9,11H,4-5H2,1-3H3/t6-,7+,8+,9+/m0/s1. The molecule has 1 aliphatic carbocycles. The van der Waals surface area contributed by atoms with E-state index in [4.69, 9.17) is 4.74 Å². The molecule has 70 valence electrons. The first kappa shape index (κ1) is 8.52. The van der Waals surface area contributed by atoms with Gasteiger partial charge in [-0.15, -0.1) is 0 Å². The van der Waals surface area contributed by atoms with Gasteiger partial charge in [-0.05, 0) is 32.6 Å². The van der Waals surface area contributed by atoms with E-state index in [0.717, 1.165) is 12.8 Å². The third kappa shape index (κ3) is 1.09. The Hall–Kier alpha value is -0.0800. The highest BCUT2D eigenvalue weighted by atomic mass is 16.5. The van der Waals surface area contributed by atoms with Gasteiger partial charge in [-0.2, -0.15) is 0 Å². The van der Waals surface area contributed by atoms with Crippen molar-refractivity contribution in [3.05, 3.63) is 0 Å². The van der Waals surface area contributed by atoms with Crippen LogP contribution in [0.25, 0.3) is 0 Å². The molecular weight excluding hydrogens is 152 g/mol. The molecule has 2 aliphatic rings. The molecule has 0 spiro atoms. The second kappa shape index (κ2) is 2.46. The van der Waals surface area contributed by atoms with E-state index in [-0.39, 0.29) is 11.7 Å². The molecule has 4 atom stereocenters. The first-order valence-corrected chi connectivity index (χ1v) is 4.86. The van der Waals surface area contributed by atoms with E-state index in [1.165, 1.54) is 0 Å². The molecule has 2 heteroatoms. The number of ether oxygens (including phenoxy) is 1. The molecular formula is C10H18O2. The molecule has 2 rings (SSSR count). The Morgan fingerprint density at radius 3 is 2.67 bits per heavy atom. The average Bonchev–Trinajstić information content (AvgIpc) is 2.21. The van der Waals surface area contributed by atoms with Crippen molar-refractivity contribution in [2.24, 2.45) is 11.8 Å². The summed E-state index contributed by atoms with van der Waals surface area (Å²) in [5, 5.41) is 9.71. The van der Waals surface area contributed by atoms with Gasteiger partial charge in [0.15, 0.2) is 0 Å². The van der Waals surface area contributed by atoms with Crippen molar-refractivity contribution in [2.45, 2.75) is 51.4 Å². The maximum absolute atomic E-state index is 9.71. The molecule has 0 aromatic rings. The van der Waals surface area contributed by atoms with Gasteiger partial charge in [0, 0.05) is 5.92 Å². The van der Waals surface area contributed by atoms with Crippen LogP contribution >= 0.6 is 0 Å². The van der Waals surface area contributed by atoms with Crippen molar-refractivity contribution < 1.29 is 9.84 Å². The number of aliphatic hydroxyl groups excluding tert-OH is 1. The summed E-state index contributed by atoms with van der Waals surface area (Å²) in [7, 11) is 0. The van der Waals surface area contributed by atoms with Gasteiger partial charge in [0.25, 0.3) is 0 Å². The molecule has 1 heterocycles. The predicted octanol–water partition coefficient (Wildman–Crippen LogP) is 1.57. The van der Waals surface area contributed by atoms with Crippen LogP contribution in [0.15, 0.2) is 0 Å². The van der Waals surface area contributed by atoms with Crippen LogP contribution in [0.2, 0.25) is 0 Å². The predicted molar refractivity (Wildman–Crippen MR) is 46.8 cm³/mol. The first-order chi connectivity index (χ1) is 5.50. The van der Waals surface area contributed by atoms with Gasteiger partial charge in [0.2, 0.25) is 0 Å². The van der Waals surface area contributed by atoms with Gasteiger partial charge in [0.05, 0.1) is 17.8 Å². The highest BCUT2D eigenvalue weighted by Gasteiger charge is 2.49. The molecule has 2 fully saturated rings. The van der Waals surface area contributed by atoms with Crippen molar-refractivity contribution in [3.63, 3.8) is 0 Å². The molecule has 0 aromatic carbocycles. The minimum atomic E-state index is -0.143. The number of fused-ring (bicyclic) bond motifs is 2. The molecule has 1 N–H and O–H groups in total. The Morgan fingerprint density at radius 1 is 1.33 bits per heavy atom. The molecule has 2 bridgehead atoms. The zero-order chi connectivity index (χ0) is 8.93. The van der Waals surface area contributed by atoms with Crippen LogP contribution in [-0.4, -0.2) is 22.9 Å². The van der Waals surface area contributed by atoms with Crippen molar-refractivity contribution >= 4 is 0 Å². The minimum absolute atomic E-state index is 0.00356. The van der Waals surface area contributed by atoms with E-state index in [1.807, 2.05) is 0 Å². The van der Waals surface area contributed by atoms with E-state index in [0.29, 0.717) is 17.9 Å². The van der Waals surface area contributed by atoms with Crippen LogP contribution in [0, 0.1) is 11.8 Å². The second-order valence-corrected chi connectivity index (χ2v) is 4.85. The van der Waals surface area contributed by atoms with Crippen LogP contribution in [0.1, 0.15) is 33.6 Å². The minimum Gasteiger partial charge on any atom is -0.393 e. The highest BCUT2D eigenvalue weighted by Crippen LogP contribution is 2.46. The average molecular weight is 170 g/mol. The van der Waals surface area contributed by atoms with Crippen LogP contribution in [0.5, 0.6) is 0 Å². The Balaban J connectivity index is 2.19. The summed E-state index contributed by atoms with van der Waals surface area (Å²) in [6, 6.07) is 0. The maximum atomic E-state index is 9.71. The fourth-order valence-corrected chi connectivity index (χ4v) is 2.55. The lowest BCUT2D eigenvalue weighted by atomic mass is 9.76. The third-order valence-electron chi connectivity index (χ3n) is 3.67. The normalized spacial score (nSPS) is 51.0. The zero-order valence-corrected chi connectivity index (χ0v) is 8.08. The van der Waals surface area contributed by atoms with Crippen molar-refractivity contribution in [1.29, 1.82) is 0 Å². The number of rotatable bonds is 0. The van der Waals surface area contributed by atoms with Crippen LogP contribution in [0.3, 0.4) is 0 Å². The maximum Gasteiger partial charge on any atom is 0.0660 e. The molecule has 1 saturated carbocycles. The fraction of sp³-hybridized carbons (Fsp3) is 1.00. The number of hydrogen-bond acceptors (Lipinski definition) is 2. The zero-order valence-electron chi connectivity index (χ0n) is 8.08. The third-order valence-corrected chi connectivity index (χ3v) is 3.67. The lowest BCUT2D eigenvalue weighted by Gasteiger charge is -2.29. The SMILES string of the molecule is C[C@H]1[C@H](O)C[C@@H]2C[C@H]1OC2(C)C. The van der Waals surface area contributed by atoms with E-state index >= 15 is 0 Å². The lowest BCUT2D eigenvalue weighted by Crippen LogP contribution is -2.34. The van der Waals surface area contributed by atoms with Gasteiger partial charge in [-0.25, -0.2) is 0 Å². The summed E-state index contributed by atoms with van der Waals surface area (Å²) in [4.78, 5) is 0. The molecule has 12 heavy (non-hydrogen) atoms. The summed E-state index contributed by atoms with van der Waals surface area (Å²) in [5.74, 6) is 0.886. The lowest BCUT2D eigenvalue weighted by molar-refractivity contribution is -0.0490. The number of hydrogen-bond donors (Lipinski definition) is 1. The van der Waals surface area contributed by atoms with Gasteiger partial charge >= 0.3 is 0 Å². The van der Waals surface area contributed by atoms with Crippen LogP contribution in [0.4, 0.5) is 0 Å². The summed E-state index contributed by atoms with van der Waals surface area (Å²) < 4.78 is 5.90. The molecule has 1 saturated heterocycles. The smallest absolute Gasteiger partial charge is 0.0660 e. The van der Waals surface area contributed by atoms with Crippen LogP contribution < -0.4 is 0 Å².